The second-order valence-electron chi connectivity index (χ2n) is 4.73. The van der Waals surface area contributed by atoms with E-state index in [2.05, 4.69) is 22.5 Å². The lowest BCUT2D eigenvalue weighted by molar-refractivity contribution is 0.1000. The molecule has 1 fully saturated rings. The maximum atomic E-state index is 11.1. The Kier molecular flexibility index (Phi) is 3.28. The van der Waals surface area contributed by atoms with E-state index < -0.39 is 5.91 Å². The highest BCUT2D eigenvalue weighted by molar-refractivity contribution is 5.93. The second kappa shape index (κ2) is 4.71. The topological polar surface area (TPSA) is 80.0 Å². The van der Waals surface area contributed by atoms with E-state index in [1.165, 1.54) is 0 Å². The molecule has 2 rings (SSSR count). The first-order valence-corrected chi connectivity index (χ1v) is 5.84. The average Bonchev–Trinajstić information content (AvgIpc) is 2.29. The Morgan fingerprint density at radius 1 is 1.53 bits per heavy atom. The number of carbonyl (C=O) groups is 1. The molecule has 0 atom stereocenters. The molecule has 1 saturated heterocycles. The Hall–Kier alpha value is -1.62. The van der Waals surface area contributed by atoms with Crippen LogP contribution in [-0.4, -0.2) is 29.5 Å². The van der Waals surface area contributed by atoms with Crippen LogP contribution >= 0.6 is 0 Å². The van der Waals surface area contributed by atoms with E-state index >= 15 is 0 Å². The Morgan fingerprint density at radius 2 is 2.24 bits per heavy atom. The van der Waals surface area contributed by atoms with Crippen LogP contribution in [0.3, 0.4) is 0 Å². The number of nitrogens with one attached hydrogen (secondary N) is 2. The summed E-state index contributed by atoms with van der Waals surface area (Å²) in [5, 5.41) is 6.71. The summed E-state index contributed by atoms with van der Waals surface area (Å²) < 4.78 is 0. The number of pyridine rings is 1. The van der Waals surface area contributed by atoms with Crippen LogP contribution in [0.4, 0.5) is 5.82 Å². The zero-order valence-electron chi connectivity index (χ0n) is 9.99. The quantitative estimate of drug-likeness (QED) is 0.720. The molecule has 0 bridgehead atoms. The van der Waals surface area contributed by atoms with Crippen LogP contribution in [-0.2, 0) is 0 Å². The molecule has 5 heteroatoms. The molecule has 0 radical (unpaired) electrons. The minimum absolute atomic E-state index is 0.0362. The molecule has 0 spiro atoms. The van der Waals surface area contributed by atoms with Crippen molar-refractivity contribution in [3.8, 4) is 0 Å². The van der Waals surface area contributed by atoms with Crippen molar-refractivity contribution < 1.29 is 4.79 Å². The van der Waals surface area contributed by atoms with Gasteiger partial charge in [-0.15, -0.1) is 0 Å². The van der Waals surface area contributed by atoms with Crippen molar-refractivity contribution in [3.63, 3.8) is 0 Å². The predicted molar refractivity (Wildman–Crippen MR) is 66.9 cm³/mol. The molecular weight excluding hydrogens is 216 g/mol. The van der Waals surface area contributed by atoms with E-state index in [0.29, 0.717) is 11.4 Å². The highest BCUT2D eigenvalue weighted by Gasteiger charge is 2.26. The summed E-state index contributed by atoms with van der Waals surface area (Å²) in [6.07, 6.45) is 3.68. The van der Waals surface area contributed by atoms with Crippen LogP contribution in [0.25, 0.3) is 0 Å². The third-order valence-electron chi connectivity index (χ3n) is 3.18. The smallest absolute Gasteiger partial charge is 0.248 e. The lowest BCUT2D eigenvalue weighted by Gasteiger charge is -2.35. The van der Waals surface area contributed by atoms with E-state index in [4.69, 9.17) is 5.73 Å². The van der Waals surface area contributed by atoms with E-state index in [-0.39, 0.29) is 5.54 Å². The highest BCUT2D eigenvalue weighted by atomic mass is 16.1. The number of hydrogen-bond donors (Lipinski definition) is 3. The van der Waals surface area contributed by atoms with Crippen molar-refractivity contribution >= 4 is 11.7 Å². The van der Waals surface area contributed by atoms with E-state index in [1.807, 2.05) is 0 Å². The molecule has 1 aliphatic rings. The molecule has 1 amide bonds. The fraction of sp³-hybridized carbons (Fsp3) is 0.500. The number of nitrogens with zero attached hydrogens (tertiary/aromatic N) is 1. The summed E-state index contributed by atoms with van der Waals surface area (Å²) in [7, 11) is 0. The number of rotatable bonds is 3. The molecule has 1 aromatic heterocycles. The molecule has 0 unspecified atom stereocenters. The minimum Gasteiger partial charge on any atom is -0.366 e. The van der Waals surface area contributed by atoms with Gasteiger partial charge in [0, 0.05) is 17.3 Å². The van der Waals surface area contributed by atoms with Crippen LogP contribution in [0.1, 0.15) is 30.1 Å². The lowest BCUT2D eigenvalue weighted by atomic mass is 9.90. The Labute approximate surface area is 101 Å². The van der Waals surface area contributed by atoms with E-state index in [0.717, 1.165) is 25.9 Å². The van der Waals surface area contributed by atoms with Gasteiger partial charge in [0.25, 0.3) is 0 Å². The molecule has 17 heavy (non-hydrogen) atoms. The Bertz CT molecular complexity index is 413. The van der Waals surface area contributed by atoms with Crippen LogP contribution in [0.2, 0.25) is 0 Å². The molecule has 5 nitrogen and oxygen atoms in total. The number of anilines is 1. The second-order valence-corrected chi connectivity index (χ2v) is 4.73. The van der Waals surface area contributed by atoms with Crippen LogP contribution in [0.5, 0.6) is 0 Å². The molecule has 0 aromatic carbocycles. The van der Waals surface area contributed by atoms with Gasteiger partial charge in [0.1, 0.15) is 5.82 Å². The zero-order valence-corrected chi connectivity index (χ0v) is 9.99. The first-order chi connectivity index (χ1) is 8.09. The van der Waals surface area contributed by atoms with Gasteiger partial charge >= 0.3 is 0 Å². The Balaban J connectivity index is 2.12. The summed E-state index contributed by atoms with van der Waals surface area (Å²) in [6, 6.07) is 3.33. The lowest BCUT2D eigenvalue weighted by Crippen LogP contribution is -2.45. The molecular formula is C12H18N4O. The van der Waals surface area contributed by atoms with Crippen molar-refractivity contribution in [1.29, 1.82) is 0 Å². The zero-order chi connectivity index (χ0) is 12.3. The van der Waals surface area contributed by atoms with E-state index in [1.54, 1.807) is 18.3 Å². The predicted octanol–water partition coefficient (Wildman–Crippen LogP) is 0.734. The van der Waals surface area contributed by atoms with Gasteiger partial charge in [-0.25, -0.2) is 4.98 Å². The first-order valence-electron chi connectivity index (χ1n) is 5.84. The fourth-order valence-electron chi connectivity index (χ4n) is 2.06. The van der Waals surface area contributed by atoms with E-state index in [9.17, 15) is 4.79 Å². The van der Waals surface area contributed by atoms with Crippen molar-refractivity contribution in [3.05, 3.63) is 23.9 Å². The van der Waals surface area contributed by atoms with Crippen molar-refractivity contribution in [1.82, 2.24) is 10.3 Å². The fourth-order valence-corrected chi connectivity index (χ4v) is 2.06. The third kappa shape index (κ3) is 2.94. The molecule has 1 aromatic rings. The van der Waals surface area contributed by atoms with Crippen molar-refractivity contribution in [2.75, 3.05) is 18.4 Å². The molecule has 1 aliphatic heterocycles. The monoisotopic (exact) mass is 234 g/mol. The first kappa shape index (κ1) is 11.9. The highest BCUT2D eigenvalue weighted by Crippen LogP contribution is 2.22. The summed E-state index contributed by atoms with van der Waals surface area (Å²) in [5.74, 6) is 0.289. The number of primary amides is 1. The molecule has 4 N–H and O–H groups in total. The number of nitrogens with two attached hydrogens (primary N) is 1. The summed E-state index contributed by atoms with van der Waals surface area (Å²) in [4.78, 5) is 15.3. The van der Waals surface area contributed by atoms with Gasteiger partial charge in [0.15, 0.2) is 0 Å². The number of carbonyl (C=O) groups excluding carboxylic acids is 1. The molecule has 92 valence electrons. The molecule has 0 saturated carbocycles. The number of aromatic nitrogens is 1. The van der Waals surface area contributed by atoms with Gasteiger partial charge in [-0.2, -0.15) is 0 Å². The largest absolute Gasteiger partial charge is 0.366 e. The van der Waals surface area contributed by atoms with Crippen LogP contribution in [0.15, 0.2) is 18.3 Å². The van der Waals surface area contributed by atoms with Crippen molar-refractivity contribution in [2.45, 2.75) is 25.3 Å². The number of piperidine rings is 1. The maximum Gasteiger partial charge on any atom is 0.248 e. The van der Waals surface area contributed by atoms with Crippen molar-refractivity contribution in [2.24, 2.45) is 5.73 Å². The van der Waals surface area contributed by atoms with Gasteiger partial charge in [-0.05, 0) is 45.0 Å². The third-order valence-corrected chi connectivity index (χ3v) is 3.18. The Morgan fingerprint density at radius 3 is 2.88 bits per heavy atom. The minimum atomic E-state index is -0.425. The summed E-state index contributed by atoms with van der Waals surface area (Å²) in [5.41, 5.74) is 5.77. The standard InChI is InChI=1S/C12H18N4O/c1-12(3-6-14-7-4-12)16-10-8-9(11(13)17)2-5-15-10/h2,5,8,14H,3-4,6-7H2,1H3,(H2,13,17)(H,15,16). The maximum absolute atomic E-state index is 11.1. The summed E-state index contributed by atoms with van der Waals surface area (Å²) in [6.45, 7) is 4.17. The van der Waals surface area contributed by atoms with Crippen LogP contribution in [0, 0.1) is 0 Å². The van der Waals surface area contributed by atoms with Gasteiger partial charge in [-0.1, -0.05) is 0 Å². The summed E-state index contributed by atoms with van der Waals surface area (Å²) >= 11 is 0. The SMILES string of the molecule is CC1(Nc2cc(C(N)=O)ccn2)CCNCC1. The number of hydrogen-bond acceptors (Lipinski definition) is 4. The van der Waals surface area contributed by atoms with Gasteiger partial charge in [0.2, 0.25) is 5.91 Å². The van der Waals surface area contributed by atoms with Gasteiger partial charge in [0.05, 0.1) is 0 Å². The average molecular weight is 234 g/mol. The van der Waals surface area contributed by atoms with Gasteiger partial charge in [-0.3, -0.25) is 4.79 Å². The molecule has 0 aliphatic carbocycles. The normalized spacial score (nSPS) is 18.6. The van der Waals surface area contributed by atoms with Gasteiger partial charge < -0.3 is 16.4 Å². The molecule has 2 heterocycles. The number of amides is 1. The van der Waals surface area contributed by atoms with Crippen LogP contribution < -0.4 is 16.4 Å².